The van der Waals surface area contributed by atoms with Gasteiger partial charge >= 0.3 is 5.97 Å². The van der Waals surface area contributed by atoms with Crippen molar-refractivity contribution < 1.29 is 19.4 Å². The third-order valence-electron chi connectivity index (χ3n) is 3.43. The third kappa shape index (κ3) is 2.53. The molecule has 2 fully saturated rings. The smallest absolute Gasteiger partial charge is 0.320 e. The summed E-state index contributed by atoms with van der Waals surface area (Å²) in [5, 5.41) is 8.98. The molecule has 2 atom stereocenters. The standard InChI is InChI=1S/C11H19NO4/c1-8(10(13)14)12-4-2-3-9(7-12)11-15-5-6-16-11/h8-9,11H,2-7H2,1H3,(H,13,14). The lowest BCUT2D eigenvalue weighted by atomic mass is 9.96. The molecule has 2 aliphatic heterocycles. The molecule has 92 valence electrons. The summed E-state index contributed by atoms with van der Waals surface area (Å²) in [7, 11) is 0. The molecule has 5 heteroatoms. The van der Waals surface area contributed by atoms with E-state index < -0.39 is 12.0 Å². The van der Waals surface area contributed by atoms with E-state index in [-0.39, 0.29) is 6.29 Å². The highest BCUT2D eigenvalue weighted by atomic mass is 16.7. The van der Waals surface area contributed by atoms with Gasteiger partial charge in [-0.2, -0.15) is 0 Å². The zero-order chi connectivity index (χ0) is 11.5. The molecule has 16 heavy (non-hydrogen) atoms. The van der Waals surface area contributed by atoms with E-state index in [1.54, 1.807) is 6.92 Å². The summed E-state index contributed by atoms with van der Waals surface area (Å²) in [5.41, 5.74) is 0. The van der Waals surface area contributed by atoms with Gasteiger partial charge in [0.2, 0.25) is 0 Å². The number of rotatable bonds is 3. The lowest BCUT2D eigenvalue weighted by Gasteiger charge is -2.36. The van der Waals surface area contributed by atoms with Crippen molar-refractivity contribution in [3.8, 4) is 0 Å². The van der Waals surface area contributed by atoms with Crippen LogP contribution in [-0.2, 0) is 14.3 Å². The van der Waals surface area contributed by atoms with E-state index in [1.165, 1.54) is 0 Å². The van der Waals surface area contributed by atoms with Gasteiger partial charge in [-0.15, -0.1) is 0 Å². The van der Waals surface area contributed by atoms with Crippen LogP contribution < -0.4 is 0 Å². The molecule has 1 N–H and O–H groups in total. The molecule has 2 rings (SSSR count). The highest BCUT2D eigenvalue weighted by Crippen LogP contribution is 2.25. The quantitative estimate of drug-likeness (QED) is 0.765. The fourth-order valence-corrected chi connectivity index (χ4v) is 2.42. The van der Waals surface area contributed by atoms with E-state index in [4.69, 9.17) is 14.6 Å². The van der Waals surface area contributed by atoms with Gasteiger partial charge in [-0.3, -0.25) is 9.69 Å². The first-order valence-corrected chi connectivity index (χ1v) is 5.88. The summed E-state index contributed by atoms with van der Waals surface area (Å²) in [6, 6.07) is -0.413. The number of carbonyl (C=O) groups is 1. The second kappa shape index (κ2) is 5.12. The van der Waals surface area contributed by atoms with Crippen LogP contribution in [0.1, 0.15) is 19.8 Å². The average Bonchev–Trinajstić information content (AvgIpc) is 2.81. The highest BCUT2D eigenvalue weighted by Gasteiger charge is 2.33. The summed E-state index contributed by atoms with van der Waals surface area (Å²) in [6.07, 6.45) is 1.96. The van der Waals surface area contributed by atoms with Gasteiger partial charge in [-0.1, -0.05) is 0 Å². The molecule has 0 aromatic carbocycles. The first kappa shape index (κ1) is 11.8. The van der Waals surface area contributed by atoms with Gasteiger partial charge < -0.3 is 14.6 Å². The number of aliphatic carboxylic acids is 1. The maximum atomic E-state index is 10.9. The second-order valence-electron chi connectivity index (χ2n) is 4.52. The Morgan fingerprint density at radius 1 is 1.44 bits per heavy atom. The van der Waals surface area contributed by atoms with Gasteiger partial charge in [0, 0.05) is 12.5 Å². The Kier molecular flexibility index (Phi) is 3.78. The molecule has 2 unspecified atom stereocenters. The molecular formula is C11H19NO4. The monoisotopic (exact) mass is 229 g/mol. The number of carboxylic acids is 1. The zero-order valence-electron chi connectivity index (χ0n) is 9.59. The Labute approximate surface area is 95.3 Å². The van der Waals surface area contributed by atoms with Crippen molar-refractivity contribution in [1.29, 1.82) is 0 Å². The first-order chi connectivity index (χ1) is 7.68. The summed E-state index contributed by atoms with van der Waals surface area (Å²) in [4.78, 5) is 12.9. The van der Waals surface area contributed by atoms with Gasteiger partial charge in [-0.05, 0) is 26.3 Å². The molecule has 0 radical (unpaired) electrons. The second-order valence-corrected chi connectivity index (χ2v) is 4.52. The molecule has 0 bridgehead atoms. The summed E-state index contributed by atoms with van der Waals surface area (Å²) in [6.45, 7) is 4.68. The summed E-state index contributed by atoms with van der Waals surface area (Å²) >= 11 is 0. The van der Waals surface area contributed by atoms with Crippen molar-refractivity contribution in [3.63, 3.8) is 0 Å². The maximum Gasteiger partial charge on any atom is 0.320 e. The maximum absolute atomic E-state index is 10.9. The zero-order valence-corrected chi connectivity index (χ0v) is 9.59. The Morgan fingerprint density at radius 2 is 2.12 bits per heavy atom. The van der Waals surface area contributed by atoms with Crippen molar-refractivity contribution >= 4 is 5.97 Å². The molecule has 0 saturated carbocycles. The average molecular weight is 229 g/mol. The number of likely N-dealkylation sites (tertiary alicyclic amines) is 1. The fourth-order valence-electron chi connectivity index (χ4n) is 2.42. The minimum Gasteiger partial charge on any atom is -0.480 e. The van der Waals surface area contributed by atoms with Gasteiger partial charge in [0.15, 0.2) is 6.29 Å². The minimum absolute atomic E-state index is 0.121. The number of piperidine rings is 1. The highest BCUT2D eigenvalue weighted by molar-refractivity contribution is 5.72. The third-order valence-corrected chi connectivity index (χ3v) is 3.43. The fraction of sp³-hybridized carbons (Fsp3) is 0.909. The van der Waals surface area contributed by atoms with Crippen molar-refractivity contribution in [2.24, 2.45) is 5.92 Å². The van der Waals surface area contributed by atoms with Crippen LogP contribution in [0.5, 0.6) is 0 Å². The van der Waals surface area contributed by atoms with Crippen molar-refractivity contribution in [2.45, 2.75) is 32.1 Å². The van der Waals surface area contributed by atoms with Crippen LogP contribution in [0.3, 0.4) is 0 Å². The number of hydrogen-bond donors (Lipinski definition) is 1. The first-order valence-electron chi connectivity index (χ1n) is 5.88. The molecule has 0 aromatic rings. The van der Waals surface area contributed by atoms with E-state index in [1.807, 2.05) is 4.90 Å². The van der Waals surface area contributed by atoms with Crippen molar-refractivity contribution in [3.05, 3.63) is 0 Å². The van der Waals surface area contributed by atoms with Crippen molar-refractivity contribution in [2.75, 3.05) is 26.3 Å². The molecule has 0 aliphatic carbocycles. The molecule has 2 aliphatic rings. The Bertz CT molecular complexity index is 252. The molecular weight excluding hydrogens is 210 g/mol. The van der Waals surface area contributed by atoms with Crippen LogP contribution in [-0.4, -0.2) is 54.6 Å². The van der Waals surface area contributed by atoms with Crippen LogP contribution in [0.15, 0.2) is 0 Å². The minimum atomic E-state index is -0.756. The van der Waals surface area contributed by atoms with E-state index in [2.05, 4.69) is 0 Å². The SMILES string of the molecule is CC(C(=O)O)N1CCCC(C2OCCO2)C1. The Hall–Kier alpha value is -0.650. The number of ether oxygens (including phenoxy) is 2. The van der Waals surface area contributed by atoms with Crippen LogP contribution in [0, 0.1) is 5.92 Å². The molecule has 0 spiro atoms. The number of carboxylic acid groups (broad SMARTS) is 1. The molecule has 0 amide bonds. The number of hydrogen-bond acceptors (Lipinski definition) is 4. The van der Waals surface area contributed by atoms with E-state index >= 15 is 0 Å². The topological polar surface area (TPSA) is 59.0 Å². The van der Waals surface area contributed by atoms with Gasteiger partial charge in [0.1, 0.15) is 6.04 Å². The van der Waals surface area contributed by atoms with Crippen molar-refractivity contribution in [1.82, 2.24) is 4.90 Å². The summed E-state index contributed by atoms with van der Waals surface area (Å²) in [5.74, 6) is -0.438. The van der Waals surface area contributed by atoms with Gasteiger partial charge in [-0.25, -0.2) is 0 Å². The lowest BCUT2D eigenvalue weighted by molar-refractivity contribution is -0.146. The van der Waals surface area contributed by atoms with Crippen LogP contribution in [0.4, 0.5) is 0 Å². The van der Waals surface area contributed by atoms with Gasteiger partial charge in [0.25, 0.3) is 0 Å². The Balaban J connectivity index is 1.90. The molecule has 0 aromatic heterocycles. The van der Waals surface area contributed by atoms with Crippen LogP contribution >= 0.6 is 0 Å². The normalized spacial score (nSPS) is 30.4. The predicted octanol–water partition coefficient (Wildman–Crippen LogP) is 0.544. The van der Waals surface area contributed by atoms with E-state index in [0.29, 0.717) is 19.1 Å². The van der Waals surface area contributed by atoms with E-state index in [9.17, 15) is 4.79 Å². The Morgan fingerprint density at radius 3 is 2.75 bits per heavy atom. The van der Waals surface area contributed by atoms with Crippen LogP contribution in [0.25, 0.3) is 0 Å². The molecule has 2 heterocycles. The van der Waals surface area contributed by atoms with Gasteiger partial charge in [0.05, 0.1) is 13.2 Å². The number of nitrogens with zero attached hydrogens (tertiary/aromatic N) is 1. The van der Waals surface area contributed by atoms with Crippen LogP contribution in [0.2, 0.25) is 0 Å². The molecule has 2 saturated heterocycles. The lowest BCUT2D eigenvalue weighted by Crippen LogP contribution is -2.47. The van der Waals surface area contributed by atoms with E-state index in [0.717, 1.165) is 25.9 Å². The largest absolute Gasteiger partial charge is 0.480 e. The summed E-state index contributed by atoms with van der Waals surface area (Å²) < 4.78 is 11.0. The molecule has 5 nitrogen and oxygen atoms in total. The predicted molar refractivity (Wildman–Crippen MR) is 57.1 cm³/mol.